The van der Waals surface area contributed by atoms with Crippen molar-refractivity contribution < 1.29 is 4.79 Å². The largest absolute Gasteiger partial charge is 0.325 e. The number of rotatable bonds is 2. The Morgan fingerprint density at radius 3 is 2.52 bits per heavy atom. The molecule has 1 amide bonds. The quantitative estimate of drug-likeness (QED) is 0.925. The summed E-state index contributed by atoms with van der Waals surface area (Å²) in [5.41, 5.74) is 2.59. The molecule has 1 unspecified atom stereocenters. The number of aromatic nitrogens is 1. The van der Waals surface area contributed by atoms with Crippen molar-refractivity contribution in [3.63, 3.8) is 0 Å². The molecule has 0 spiro atoms. The van der Waals surface area contributed by atoms with Gasteiger partial charge in [-0.25, -0.2) is 0 Å². The average molecular weight is 321 g/mol. The molecule has 2 aromatic rings. The lowest BCUT2D eigenvalue weighted by Gasteiger charge is -2.19. The number of aromatic amines is 1. The summed E-state index contributed by atoms with van der Waals surface area (Å²) in [4.78, 5) is 28.7. The lowest BCUT2D eigenvalue weighted by Crippen LogP contribution is -2.21. The fourth-order valence-corrected chi connectivity index (χ4v) is 3.63. The van der Waals surface area contributed by atoms with E-state index < -0.39 is 0 Å². The Hall–Kier alpha value is -1.72. The molecule has 0 saturated carbocycles. The van der Waals surface area contributed by atoms with Crippen molar-refractivity contribution in [3.8, 4) is 11.3 Å². The van der Waals surface area contributed by atoms with Crippen LogP contribution in [-0.2, 0) is 0 Å². The van der Waals surface area contributed by atoms with Crippen LogP contribution in [0.5, 0.6) is 0 Å². The highest BCUT2D eigenvalue weighted by Gasteiger charge is 2.36. The molecule has 0 radical (unpaired) electrons. The molecule has 0 saturated heterocycles. The van der Waals surface area contributed by atoms with Gasteiger partial charge < -0.3 is 9.88 Å². The number of carbonyl (C=O) groups excluding carboxylic acids is 1. The number of pyridine rings is 1. The highest BCUT2D eigenvalue weighted by atomic mass is 35.5. The topological polar surface area (TPSA) is 53.2 Å². The summed E-state index contributed by atoms with van der Waals surface area (Å²) in [6, 6.07) is 8.60. The van der Waals surface area contributed by atoms with E-state index in [1.54, 1.807) is 35.8 Å². The Bertz CT molecular complexity index is 770. The standard InChI is InChI=1S/C15H13ClN2O2S/c1-18-14(20)10-7-11(19)17-13(12(10)15(18)21-2)8-3-5-9(16)6-4-8/h3-7,15H,1-2H3,(H,17,19). The summed E-state index contributed by atoms with van der Waals surface area (Å²) in [6.45, 7) is 0. The molecule has 0 bridgehead atoms. The van der Waals surface area contributed by atoms with Gasteiger partial charge in [0, 0.05) is 23.7 Å². The average Bonchev–Trinajstić information content (AvgIpc) is 2.71. The van der Waals surface area contributed by atoms with Gasteiger partial charge in [-0.2, -0.15) is 0 Å². The Morgan fingerprint density at radius 2 is 1.90 bits per heavy atom. The molecule has 0 aliphatic carbocycles. The minimum atomic E-state index is -0.276. The molecule has 4 nitrogen and oxygen atoms in total. The molecule has 6 heteroatoms. The van der Waals surface area contributed by atoms with E-state index in [-0.39, 0.29) is 16.8 Å². The normalized spacial score (nSPS) is 17.2. The minimum absolute atomic E-state index is 0.102. The van der Waals surface area contributed by atoms with Crippen LogP contribution >= 0.6 is 23.4 Å². The van der Waals surface area contributed by atoms with E-state index in [0.717, 1.165) is 11.1 Å². The third-order valence-electron chi connectivity index (χ3n) is 3.59. The number of fused-ring (bicyclic) bond motifs is 1. The number of amides is 1. The fourth-order valence-electron chi connectivity index (χ4n) is 2.61. The monoisotopic (exact) mass is 320 g/mol. The first-order valence-electron chi connectivity index (χ1n) is 6.36. The van der Waals surface area contributed by atoms with Gasteiger partial charge in [0.05, 0.1) is 11.3 Å². The summed E-state index contributed by atoms with van der Waals surface area (Å²) in [5.74, 6) is -0.120. The van der Waals surface area contributed by atoms with Crippen LogP contribution in [0.15, 0.2) is 35.1 Å². The number of thioether (sulfide) groups is 1. The third-order valence-corrected chi connectivity index (χ3v) is 4.84. The van der Waals surface area contributed by atoms with Gasteiger partial charge in [0.1, 0.15) is 5.37 Å². The van der Waals surface area contributed by atoms with Crippen LogP contribution in [0.3, 0.4) is 0 Å². The van der Waals surface area contributed by atoms with E-state index in [9.17, 15) is 9.59 Å². The zero-order valence-electron chi connectivity index (χ0n) is 11.5. The summed E-state index contributed by atoms with van der Waals surface area (Å²) in [6.07, 6.45) is 1.94. The summed E-state index contributed by atoms with van der Waals surface area (Å²) in [7, 11) is 1.75. The predicted molar refractivity (Wildman–Crippen MR) is 85.9 cm³/mol. The molecule has 108 valence electrons. The Kier molecular flexibility index (Phi) is 3.55. The van der Waals surface area contributed by atoms with E-state index in [4.69, 9.17) is 11.6 Å². The second kappa shape index (κ2) is 5.24. The van der Waals surface area contributed by atoms with Crippen molar-refractivity contribution in [3.05, 3.63) is 56.8 Å². The van der Waals surface area contributed by atoms with Crippen LogP contribution in [0.4, 0.5) is 0 Å². The van der Waals surface area contributed by atoms with E-state index in [1.165, 1.54) is 6.07 Å². The number of H-pyrrole nitrogens is 1. The summed E-state index contributed by atoms with van der Waals surface area (Å²) >= 11 is 7.47. The van der Waals surface area contributed by atoms with Crippen molar-refractivity contribution in [1.82, 2.24) is 9.88 Å². The van der Waals surface area contributed by atoms with Gasteiger partial charge in [-0.3, -0.25) is 9.59 Å². The van der Waals surface area contributed by atoms with Crippen molar-refractivity contribution in [2.75, 3.05) is 13.3 Å². The first-order chi connectivity index (χ1) is 10.0. The molecule has 1 aliphatic heterocycles. The minimum Gasteiger partial charge on any atom is -0.325 e. The van der Waals surface area contributed by atoms with Crippen LogP contribution in [0, 0.1) is 0 Å². The van der Waals surface area contributed by atoms with Gasteiger partial charge in [0.25, 0.3) is 5.91 Å². The zero-order chi connectivity index (χ0) is 15.1. The van der Waals surface area contributed by atoms with Gasteiger partial charge in [0.2, 0.25) is 5.56 Å². The van der Waals surface area contributed by atoms with Crippen molar-refractivity contribution >= 4 is 29.3 Å². The van der Waals surface area contributed by atoms with Gasteiger partial charge >= 0.3 is 0 Å². The lowest BCUT2D eigenvalue weighted by atomic mass is 10.0. The molecule has 3 rings (SSSR count). The number of nitrogens with one attached hydrogen (secondary N) is 1. The van der Waals surface area contributed by atoms with Gasteiger partial charge in [-0.15, -0.1) is 11.8 Å². The zero-order valence-corrected chi connectivity index (χ0v) is 13.1. The van der Waals surface area contributed by atoms with Crippen LogP contribution in [0.1, 0.15) is 21.3 Å². The Morgan fingerprint density at radius 1 is 1.24 bits per heavy atom. The maximum Gasteiger partial charge on any atom is 0.255 e. The first kappa shape index (κ1) is 14.2. The van der Waals surface area contributed by atoms with Crippen LogP contribution in [-0.4, -0.2) is 29.1 Å². The lowest BCUT2D eigenvalue weighted by molar-refractivity contribution is 0.0813. The molecule has 21 heavy (non-hydrogen) atoms. The number of hydrogen-bond acceptors (Lipinski definition) is 3. The Labute approximate surface area is 131 Å². The Balaban J connectivity index is 2.28. The number of hydrogen-bond donors (Lipinski definition) is 1. The summed E-state index contributed by atoms with van der Waals surface area (Å²) < 4.78 is 0. The molecular formula is C15H13ClN2O2S. The van der Waals surface area contributed by atoms with E-state index in [1.807, 2.05) is 18.4 Å². The maximum atomic E-state index is 12.3. The van der Waals surface area contributed by atoms with Crippen LogP contribution in [0.25, 0.3) is 11.3 Å². The number of carbonyl (C=O) groups is 1. The number of benzene rings is 1. The molecule has 2 heterocycles. The van der Waals surface area contributed by atoms with Gasteiger partial charge in [-0.05, 0) is 24.0 Å². The highest BCUT2D eigenvalue weighted by Crippen LogP contribution is 2.42. The molecule has 1 aliphatic rings. The molecule has 1 N–H and O–H groups in total. The molecule has 1 atom stereocenters. The van der Waals surface area contributed by atoms with Gasteiger partial charge in [0.15, 0.2) is 0 Å². The maximum absolute atomic E-state index is 12.3. The molecular weight excluding hydrogens is 308 g/mol. The summed E-state index contributed by atoms with van der Waals surface area (Å²) in [5, 5.41) is 0.526. The smallest absolute Gasteiger partial charge is 0.255 e. The number of halogens is 1. The highest BCUT2D eigenvalue weighted by molar-refractivity contribution is 7.98. The second-order valence-corrected chi connectivity index (χ2v) is 6.20. The fraction of sp³-hybridized carbons (Fsp3) is 0.200. The van der Waals surface area contributed by atoms with Gasteiger partial charge in [-0.1, -0.05) is 23.7 Å². The predicted octanol–water partition coefficient (Wildman–Crippen LogP) is 3.14. The molecule has 0 fully saturated rings. The van der Waals surface area contributed by atoms with E-state index >= 15 is 0 Å². The van der Waals surface area contributed by atoms with Crippen LogP contribution < -0.4 is 5.56 Å². The van der Waals surface area contributed by atoms with E-state index in [2.05, 4.69) is 4.98 Å². The van der Waals surface area contributed by atoms with Crippen LogP contribution in [0.2, 0.25) is 5.02 Å². The van der Waals surface area contributed by atoms with Crippen molar-refractivity contribution in [2.45, 2.75) is 5.37 Å². The SMILES string of the molecule is CSC1c2c(cc(=O)[nH]c2-c2ccc(Cl)cc2)C(=O)N1C. The van der Waals surface area contributed by atoms with Crippen molar-refractivity contribution in [1.29, 1.82) is 0 Å². The van der Waals surface area contributed by atoms with E-state index in [0.29, 0.717) is 16.3 Å². The second-order valence-electron chi connectivity index (χ2n) is 4.85. The molecule has 1 aromatic heterocycles. The first-order valence-corrected chi connectivity index (χ1v) is 8.02. The third kappa shape index (κ3) is 2.26. The molecule has 1 aromatic carbocycles. The number of nitrogens with zero attached hydrogens (tertiary/aromatic N) is 1. The van der Waals surface area contributed by atoms with Crippen molar-refractivity contribution in [2.24, 2.45) is 0 Å².